The predicted octanol–water partition coefficient (Wildman–Crippen LogP) is 4.61. The minimum atomic E-state index is 0.0486. The Hall–Kier alpha value is -2.81. The van der Waals surface area contributed by atoms with Gasteiger partial charge in [-0.15, -0.1) is 0 Å². The first-order valence-electron chi connectivity index (χ1n) is 9.05. The lowest BCUT2D eigenvalue weighted by Crippen LogP contribution is -2.32. The minimum absolute atomic E-state index is 0.0486. The van der Waals surface area contributed by atoms with Crippen molar-refractivity contribution in [3.63, 3.8) is 0 Å². The van der Waals surface area contributed by atoms with Crippen molar-refractivity contribution in [3.8, 4) is 5.75 Å². The smallest absolute Gasteiger partial charge is 0.132 e. The molecule has 1 aromatic heterocycles. The van der Waals surface area contributed by atoms with Crippen LogP contribution in [-0.4, -0.2) is 18.6 Å². The molecule has 0 N–H and O–H groups in total. The van der Waals surface area contributed by atoms with Crippen LogP contribution in [0.4, 0.5) is 5.82 Å². The standard InChI is InChI=1S/C23H24N2O/c1-23(15-18-10-12-20(26-2)13-11-18)17-25(16-19-7-4-3-5-8-19)22-21(23)9-6-14-24-22/h3-14H,15-17H2,1-2H3/t23-/m1/s1. The third kappa shape index (κ3) is 3.17. The van der Waals surface area contributed by atoms with Gasteiger partial charge in [0.05, 0.1) is 7.11 Å². The number of hydrogen-bond acceptors (Lipinski definition) is 3. The lowest BCUT2D eigenvalue weighted by Gasteiger charge is -2.26. The molecule has 26 heavy (non-hydrogen) atoms. The van der Waals surface area contributed by atoms with Crippen LogP contribution in [0.1, 0.15) is 23.6 Å². The van der Waals surface area contributed by atoms with Gasteiger partial charge in [0.1, 0.15) is 11.6 Å². The average molecular weight is 344 g/mol. The number of fused-ring (bicyclic) bond motifs is 1. The molecular weight excluding hydrogens is 320 g/mol. The van der Waals surface area contributed by atoms with Gasteiger partial charge in [0.2, 0.25) is 0 Å². The van der Waals surface area contributed by atoms with Crippen molar-refractivity contribution in [2.75, 3.05) is 18.6 Å². The molecule has 0 saturated carbocycles. The second-order valence-corrected chi connectivity index (χ2v) is 7.30. The van der Waals surface area contributed by atoms with E-state index in [1.165, 1.54) is 16.7 Å². The quantitative estimate of drug-likeness (QED) is 0.676. The van der Waals surface area contributed by atoms with Gasteiger partial charge in [0.15, 0.2) is 0 Å². The van der Waals surface area contributed by atoms with Crippen molar-refractivity contribution in [2.45, 2.75) is 25.3 Å². The summed E-state index contributed by atoms with van der Waals surface area (Å²) in [4.78, 5) is 7.12. The van der Waals surface area contributed by atoms with Crippen molar-refractivity contribution in [2.24, 2.45) is 0 Å². The van der Waals surface area contributed by atoms with Gasteiger partial charge in [-0.05, 0) is 35.7 Å². The second kappa shape index (κ2) is 6.83. The Bertz CT molecular complexity index is 876. The summed E-state index contributed by atoms with van der Waals surface area (Å²) in [5.74, 6) is 2.02. The van der Waals surface area contributed by atoms with E-state index in [1.54, 1.807) is 7.11 Å². The van der Waals surface area contributed by atoms with E-state index < -0.39 is 0 Å². The van der Waals surface area contributed by atoms with E-state index in [4.69, 9.17) is 9.72 Å². The maximum Gasteiger partial charge on any atom is 0.132 e. The van der Waals surface area contributed by atoms with E-state index >= 15 is 0 Å². The Kier molecular flexibility index (Phi) is 4.37. The van der Waals surface area contributed by atoms with Crippen LogP contribution in [0.2, 0.25) is 0 Å². The topological polar surface area (TPSA) is 25.4 Å². The Labute approximate surface area is 155 Å². The molecule has 0 aliphatic carbocycles. The molecule has 3 heteroatoms. The summed E-state index contributed by atoms with van der Waals surface area (Å²) in [7, 11) is 1.71. The molecule has 3 nitrogen and oxygen atoms in total. The van der Waals surface area contributed by atoms with Crippen molar-refractivity contribution in [1.82, 2.24) is 4.98 Å². The normalized spacial score (nSPS) is 18.6. The average Bonchev–Trinajstić information content (AvgIpc) is 2.95. The van der Waals surface area contributed by atoms with Gasteiger partial charge >= 0.3 is 0 Å². The Balaban J connectivity index is 1.62. The SMILES string of the molecule is COc1ccc(C[C@]2(C)CN(Cc3ccccc3)c3ncccc32)cc1. The molecule has 1 aliphatic heterocycles. The summed E-state index contributed by atoms with van der Waals surface area (Å²) in [5, 5.41) is 0. The number of pyridine rings is 1. The molecule has 0 bridgehead atoms. The van der Waals surface area contributed by atoms with Gasteiger partial charge in [-0.25, -0.2) is 4.98 Å². The second-order valence-electron chi connectivity index (χ2n) is 7.30. The highest BCUT2D eigenvalue weighted by molar-refractivity contribution is 5.58. The molecule has 2 heterocycles. The third-order valence-corrected chi connectivity index (χ3v) is 5.25. The highest BCUT2D eigenvalue weighted by atomic mass is 16.5. The number of hydrogen-bond donors (Lipinski definition) is 0. The number of nitrogens with zero attached hydrogens (tertiary/aromatic N) is 2. The number of benzene rings is 2. The van der Waals surface area contributed by atoms with E-state index in [2.05, 4.69) is 66.4 Å². The van der Waals surface area contributed by atoms with Gasteiger partial charge in [-0.3, -0.25) is 0 Å². The maximum atomic E-state index is 5.29. The summed E-state index contributed by atoms with van der Waals surface area (Å²) in [6.45, 7) is 4.21. The zero-order chi connectivity index (χ0) is 18.0. The van der Waals surface area contributed by atoms with Gasteiger partial charge in [-0.2, -0.15) is 0 Å². The van der Waals surface area contributed by atoms with Crippen LogP contribution in [0, 0.1) is 0 Å². The van der Waals surface area contributed by atoms with Crippen LogP contribution < -0.4 is 9.64 Å². The van der Waals surface area contributed by atoms with E-state index in [9.17, 15) is 0 Å². The molecule has 0 spiro atoms. The van der Waals surface area contributed by atoms with Gasteiger partial charge < -0.3 is 9.64 Å². The molecule has 3 aromatic rings. The molecule has 0 unspecified atom stereocenters. The first-order valence-corrected chi connectivity index (χ1v) is 9.05. The zero-order valence-electron chi connectivity index (χ0n) is 15.4. The lowest BCUT2D eigenvalue weighted by molar-refractivity contribution is 0.414. The fourth-order valence-electron chi connectivity index (χ4n) is 3.98. The summed E-state index contributed by atoms with van der Waals surface area (Å²) in [6, 6.07) is 23.3. The number of ether oxygens (including phenoxy) is 1. The molecular formula is C23H24N2O. The highest BCUT2D eigenvalue weighted by Gasteiger charge is 2.39. The van der Waals surface area contributed by atoms with Gasteiger partial charge in [0, 0.05) is 30.3 Å². The van der Waals surface area contributed by atoms with E-state index in [1.807, 2.05) is 18.3 Å². The molecule has 0 radical (unpaired) electrons. The van der Waals surface area contributed by atoms with Crippen molar-refractivity contribution < 1.29 is 4.74 Å². The molecule has 0 amide bonds. The van der Waals surface area contributed by atoms with Crippen molar-refractivity contribution in [1.29, 1.82) is 0 Å². The third-order valence-electron chi connectivity index (χ3n) is 5.25. The van der Waals surface area contributed by atoms with Crippen LogP contribution >= 0.6 is 0 Å². The summed E-state index contributed by atoms with van der Waals surface area (Å²) in [5.41, 5.74) is 4.03. The molecule has 1 atom stereocenters. The summed E-state index contributed by atoms with van der Waals surface area (Å²) in [6.07, 6.45) is 2.89. The Morgan fingerprint density at radius 1 is 0.962 bits per heavy atom. The van der Waals surface area contributed by atoms with Crippen LogP contribution in [0.3, 0.4) is 0 Å². The van der Waals surface area contributed by atoms with Crippen molar-refractivity contribution in [3.05, 3.63) is 89.6 Å². The fourth-order valence-corrected chi connectivity index (χ4v) is 3.98. The number of anilines is 1. The predicted molar refractivity (Wildman–Crippen MR) is 106 cm³/mol. The van der Waals surface area contributed by atoms with Crippen LogP contribution in [-0.2, 0) is 18.4 Å². The molecule has 0 saturated heterocycles. The van der Waals surface area contributed by atoms with Crippen LogP contribution in [0.15, 0.2) is 72.9 Å². The first-order chi connectivity index (χ1) is 12.7. The summed E-state index contributed by atoms with van der Waals surface area (Å²) < 4.78 is 5.29. The lowest BCUT2D eigenvalue weighted by atomic mass is 9.79. The molecule has 1 aliphatic rings. The van der Waals surface area contributed by atoms with Crippen LogP contribution in [0.5, 0.6) is 5.75 Å². The Morgan fingerprint density at radius 2 is 1.73 bits per heavy atom. The van der Waals surface area contributed by atoms with Gasteiger partial charge in [-0.1, -0.05) is 55.5 Å². The van der Waals surface area contributed by atoms with Crippen molar-refractivity contribution >= 4 is 5.82 Å². The molecule has 0 fully saturated rings. The van der Waals surface area contributed by atoms with Gasteiger partial charge in [0.25, 0.3) is 0 Å². The molecule has 4 rings (SSSR count). The van der Waals surface area contributed by atoms with E-state index in [0.29, 0.717) is 0 Å². The molecule has 2 aromatic carbocycles. The number of aromatic nitrogens is 1. The monoisotopic (exact) mass is 344 g/mol. The minimum Gasteiger partial charge on any atom is -0.497 e. The van der Waals surface area contributed by atoms with Crippen LogP contribution in [0.25, 0.3) is 0 Å². The Morgan fingerprint density at radius 3 is 2.46 bits per heavy atom. The largest absolute Gasteiger partial charge is 0.497 e. The van der Waals surface area contributed by atoms with E-state index in [-0.39, 0.29) is 5.41 Å². The summed E-state index contributed by atoms with van der Waals surface area (Å²) >= 11 is 0. The van der Waals surface area contributed by atoms with E-state index in [0.717, 1.165) is 31.1 Å². The fraction of sp³-hybridized carbons (Fsp3) is 0.261. The number of methoxy groups -OCH3 is 1. The maximum absolute atomic E-state index is 5.29. The highest BCUT2D eigenvalue weighted by Crippen LogP contribution is 2.42. The first kappa shape index (κ1) is 16.6. The zero-order valence-corrected chi connectivity index (χ0v) is 15.4. The molecule has 132 valence electrons. The number of rotatable bonds is 5.